The maximum absolute atomic E-state index is 5.74. The number of benzene rings is 1. The zero-order valence-electron chi connectivity index (χ0n) is 9.90. The molecule has 1 aromatic carbocycles. The molecular weight excluding hydrogens is 286 g/mol. The summed E-state index contributed by atoms with van der Waals surface area (Å²) < 4.78 is 17.7. The lowest BCUT2D eigenvalue weighted by atomic mass is 10.0. The highest BCUT2D eigenvalue weighted by molar-refractivity contribution is 9.10. The second-order valence-electron chi connectivity index (χ2n) is 4.17. The molecule has 0 unspecified atom stereocenters. The van der Waals surface area contributed by atoms with E-state index in [9.17, 15) is 0 Å². The molecule has 0 radical (unpaired) electrons. The van der Waals surface area contributed by atoms with Gasteiger partial charge in [-0.25, -0.2) is 0 Å². The first-order chi connectivity index (χ1) is 8.05. The van der Waals surface area contributed by atoms with E-state index in [2.05, 4.69) is 15.9 Å². The van der Waals surface area contributed by atoms with Gasteiger partial charge in [-0.15, -0.1) is 0 Å². The van der Waals surface area contributed by atoms with Gasteiger partial charge in [0.05, 0.1) is 31.9 Å². The van der Waals surface area contributed by atoms with Crippen molar-refractivity contribution >= 4 is 15.9 Å². The van der Waals surface area contributed by atoms with Crippen LogP contribution in [-0.2, 0) is 15.3 Å². The summed E-state index contributed by atoms with van der Waals surface area (Å²) in [5, 5.41) is 0. The van der Waals surface area contributed by atoms with Crippen molar-refractivity contribution in [2.45, 2.75) is 18.8 Å². The Kier molecular flexibility index (Phi) is 3.73. The molecule has 0 amide bonds. The minimum atomic E-state index is -0.801. The van der Waals surface area contributed by atoms with Gasteiger partial charge in [-0.2, -0.15) is 0 Å². The molecule has 17 heavy (non-hydrogen) atoms. The topological polar surface area (TPSA) is 53.7 Å². The molecule has 0 bridgehead atoms. The van der Waals surface area contributed by atoms with Gasteiger partial charge in [0.1, 0.15) is 5.75 Å². The van der Waals surface area contributed by atoms with Crippen molar-refractivity contribution in [1.29, 1.82) is 0 Å². The van der Waals surface area contributed by atoms with Crippen LogP contribution in [0.1, 0.15) is 12.5 Å². The SMILES string of the molecule is COc1ccc(Br)cc1C1(C)OCC(N)CO1. The summed E-state index contributed by atoms with van der Waals surface area (Å²) in [5.74, 6) is -0.0588. The minimum Gasteiger partial charge on any atom is -0.496 e. The fourth-order valence-electron chi connectivity index (χ4n) is 1.81. The predicted octanol–water partition coefficient (Wildman–Crippen LogP) is 2.00. The number of nitrogens with two attached hydrogens (primary N) is 1. The molecule has 0 atom stereocenters. The Morgan fingerprint density at radius 2 is 2.06 bits per heavy atom. The van der Waals surface area contributed by atoms with Gasteiger partial charge in [0, 0.05) is 4.47 Å². The predicted molar refractivity (Wildman–Crippen MR) is 67.9 cm³/mol. The van der Waals surface area contributed by atoms with E-state index in [0.717, 1.165) is 15.8 Å². The average Bonchev–Trinajstić information content (AvgIpc) is 2.33. The standard InChI is InChI=1S/C12H16BrNO3/c1-12(16-6-9(14)7-17-12)10-5-8(13)3-4-11(10)15-2/h3-5,9H,6-7,14H2,1-2H3. The van der Waals surface area contributed by atoms with Crippen LogP contribution >= 0.6 is 15.9 Å². The van der Waals surface area contributed by atoms with Crippen molar-refractivity contribution in [3.63, 3.8) is 0 Å². The molecule has 2 rings (SSSR count). The van der Waals surface area contributed by atoms with Crippen molar-refractivity contribution in [2.24, 2.45) is 5.73 Å². The number of halogens is 1. The van der Waals surface area contributed by atoms with Crippen LogP contribution in [0.3, 0.4) is 0 Å². The van der Waals surface area contributed by atoms with Crippen molar-refractivity contribution in [3.8, 4) is 5.75 Å². The second-order valence-corrected chi connectivity index (χ2v) is 5.09. The third-order valence-corrected chi connectivity index (χ3v) is 3.29. The first kappa shape index (κ1) is 12.8. The zero-order valence-corrected chi connectivity index (χ0v) is 11.5. The van der Waals surface area contributed by atoms with E-state index in [4.69, 9.17) is 19.9 Å². The van der Waals surface area contributed by atoms with E-state index in [0.29, 0.717) is 13.2 Å². The van der Waals surface area contributed by atoms with Gasteiger partial charge in [0.25, 0.3) is 0 Å². The Labute approximate surface area is 109 Å². The number of ether oxygens (including phenoxy) is 3. The average molecular weight is 302 g/mol. The number of hydrogen-bond donors (Lipinski definition) is 1. The number of hydrogen-bond acceptors (Lipinski definition) is 4. The fourth-order valence-corrected chi connectivity index (χ4v) is 2.17. The highest BCUT2D eigenvalue weighted by Gasteiger charge is 2.36. The zero-order chi connectivity index (χ0) is 12.5. The third kappa shape index (κ3) is 2.63. The maximum atomic E-state index is 5.74. The molecule has 1 heterocycles. The lowest BCUT2D eigenvalue weighted by molar-refractivity contribution is -0.270. The second kappa shape index (κ2) is 4.94. The molecule has 4 nitrogen and oxygen atoms in total. The number of rotatable bonds is 2. The van der Waals surface area contributed by atoms with E-state index in [1.807, 2.05) is 25.1 Å². The molecule has 0 aromatic heterocycles. The fraction of sp³-hybridized carbons (Fsp3) is 0.500. The highest BCUT2D eigenvalue weighted by atomic mass is 79.9. The summed E-state index contributed by atoms with van der Waals surface area (Å²) in [5.41, 5.74) is 6.61. The van der Waals surface area contributed by atoms with Crippen molar-refractivity contribution in [2.75, 3.05) is 20.3 Å². The van der Waals surface area contributed by atoms with E-state index in [1.54, 1.807) is 7.11 Å². The van der Waals surface area contributed by atoms with E-state index < -0.39 is 5.79 Å². The quantitative estimate of drug-likeness (QED) is 0.908. The molecule has 94 valence electrons. The molecule has 1 aliphatic heterocycles. The normalized spacial score (nSPS) is 29.1. The van der Waals surface area contributed by atoms with Crippen LogP contribution in [0, 0.1) is 0 Å². The van der Waals surface area contributed by atoms with Crippen molar-refractivity contribution in [1.82, 2.24) is 0 Å². The summed E-state index contributed by atoms with van der Waals surface area (Å²) >= 11 is 3.44. The van der Waals surface area contributed by atoms with E-state index in [1.165, 1.54) is 0 Å². The summed E-state index contributed by atoms with van der Waals surface area (Å²) in [7, 11) is 1.63. The largest absolute Gasteiger partial charge is 0.496 e. The van der Waals surface area contributed by atoms with Crippen molar-refractivity contribution in [3.05, 3.63) is 28.2 Å². The molecule has 5 heteroatoms. The van der Waals surface area contributed by atoms with Gasteiger partial charge in [0.15, 0.2) is 5.79 Å². The van der Waals surface area contributed by atoms with Crippen LogP contribution in [-0.4, -0.2) is 26.4 Å². The van der Waals surface area contributed by atoms with Gasteiger partial charge < -0.3 is 19.9 Å². The number of methoxy groups -OCH3 is 1. The van der Waals surface area contributed by atoms with Gasteiger partial charge in [-0.3, -0.25) is 0 Å². The Balaban J connectivity index is 2.34. The Hall–Kier alpha value is -0.620. The molecule has 1 saturated heterocycles. The summed E-state index contributed by atoms with van der Waals surface area (Å²) in [6, 6.07) is 5.67. The first-order valence-corrected chi connectivity index (χ1v) is 6.22. The van der Waals surface area contributed by atoms with E-state index in [-0.39, 0.29) is 6.04 Å². The third-order valence-electron chi connectivity index (χ3n) is 2.80. The van der Waals surface area contributed by atoms with Crippen LogP contribution in [0.2, 0.25) is 0 Å². The highest BCUT2D eigenvalue weighted by Crippen LogP contribution is 2.37. The lowest BCUT2D eigenvalue weighted by Gasteiger charge is -2.37. The molecule has 1 aliphatic rings. The minimum absolute atomic E-state index is 0.0683. The molecule has 1 aromatic rings. The van der Waals surface area contributed by atoms with Gasteiger partial charge in [-0.1, -0.05) is 15.9 Å². The molecular formula is C12H16BrNO3. The van der Waals surface area contributed by atoms with Crippen molar-refractivity contribution < 1.29 is 14.2 Å². The lowest BCUT2D eigenvalue weighted by Crippen LogP contribution is -2.46. The molecule has 0 spiro atoms. The van der Waals surface area contributed by atoms with E-state index >= 15 is 0 Å². The molecule has 2 N–H and O–H groups in total. The van der Waals surface area contributed by atoms with Crippen LogP contribution in [0.15, 0.2) is 22.7 Å². The Bertz CT molecular complexity index is 403. The van der Waals surface area contributed by atoms with Crippen LogP contribution in [0.25, 0.3) is 0 Å². The molecule has 0 saturated carbocycles. The van der Waals surface area contributed by atoms with Gasteiger partial charge in [0.2, 0.25) is 0 Å². The Morgan fingerprint density at radius 1 is 1.41 bits per heavy atom. The monoisotopic (exact) mass is 301 g/mol. The first-order valence-electron chi connectivity index (χ1n) is 5.42. The molecule has 1 fully saturated rings. The van der Waals surface area contributed by atoms with Gasteiger partial charge >= 0.3 is 0 Å². The Morgan fingerprint density at radius 3 is 2.65 bits per heavy atom. The van der Waals surface area contributed by atoms with Crippen LogP contribution in [0.5, 0.6) is 5.75 Å². The van der Waals surface area contributed by atoms with Crippen LogP contribution in [0.4, 0.5) is 0 Å². The summed E-state index contributed by atoms with van der Waals surface area (Å²) in [4.78, 5) is 0. The maximum Gasteiger partial charge on any atom is 0.195 e. The smallest absolute Gasteiger partial charge is 0.195 e. The molecule has 0 aliphatic carbocycles. The summed E-state index contributed by atoms with van der Waals surface area (Å²) in [6.45, 7) is 2.83. The van der Waals surface area contributed by atoms with Crippen LogP contribution < -0.4 is 10.5 Å². The van der Waals surface area contributed by atoms with Gasteiger partial charge in [-0.05, 0) is 25.1 Å². The summed E-state index contributed by atoms with van der Waals surface area (Å²) in [6.07, 6.45) is 0.